The van der Waals surface area contributed by atoms with Crippen LogP contribution < -0.4 is 11.1 Å². The van der Waals surface area contributed by atoms with Crippen LogP contribution in [0.3, 0.4) is 0 Å². The predicted octanol–water partition coefficient (Wildman–Crippen LogP) is 2.93. The highest BCUT2D eigenvalue weighted by molar-refractivity contribution is 7.91. The van der Waals surface area contributed by atoms with Crippen LogP contribution in [0.2, 0.25) is 5.02 Å². The number of nitriles is 1. The van der Waals surface area contributed by atoms with E-state index in [4.69, 9.17) is 17.3 Å². The average molecular weight is 524 g/mol. The number of aryl methyl sites for hydroxylation is 2. The van der Waals surface area contributed by atoms with Gasteiger partial charge in [-0.3, -0.25) is 14.5 Å². The molecule has 0 saturated carbocycles. The lowest BCUT2D eigenvalue weighted by Gasteiger charge is -2.11. The fraction of sp³-hybridized carbons (Fsp3) is 0.208. The number of benzene rings is 1. The molecule has 0 radical (unpaired) electrons. The molecule has 4 rings (SSSR count). The number of nitrogens with zero attached hydrogens (tertiary/aromatic N) is 5. The lowest BCUT2D eigenvalue weighted by Crippen LogP contribution is -2.24. The van der Waals surface area contributed by atoms with Crippen LogP contribution in [0.4, 0.5) is 5.82 Å². The molecule has 0 saturated heterocycles. The third kappa shape index (κ3) is 5.15. The summed E-state index contributed by atoms with van der Waals surface area (Å²) in [5.74, 6) is -0.0707. The second-order valence-corrected chi connectivity index (χ2v) is 10.8. The van der Waals surface area contributed by atoms with Crippen LogP contribution in [0.25, 0.3) is 10.9 Å². The summed E-state index contributed by atoms with van der Waals surface area (Å²) in [6, 6.07) is 8.54. The van der Waals surface area contributed by atoms with E-state index in [0.717, 1.165) is 17.4 Å². The van der Waals surface area contributed by atoms with Crippen molar-refractivity contribution in [2.24, 2.45) is 0 Å². The molecule has 3 N–H and O–H groups in total. The highest BCUT2D eigenvalue weighted by atomic mass is 35.5. The number of nitrogen functional groups attached to an aromatic ring is 1. The Morgan fingerprint density at radius 1 is 1.25 bits per heavy atom. The average Bonchev–Trinajstić information content (AvgIpc) is 3.19. The van der Waals surface area contributed by atoms with Crippen molar-refractivity contribution in [2.75, 3.05) is 12.0 Å². The number of carbonyl (C=O) groups is 1. The molecule has 1 aromatic carbocycles. The smallest absolute Gasteiger partial charge is 0.256 e. The minimum Gasteiger partial charge on any atom is -0.384 e. The highest BCUT2D eigenvalue weighted by Crippen LogP contribution is 2.26. The molecule has 0 fully saturated rings. The van der Waals surface area contributed by atoms with E-state index in [1.54, 1.807) is 25.1 Å². The molecule has 1 amide bonds. The molecule has 10 nitrogen and oxygen atoms in total. The predicted molar refractivity (Wildman–Crippen MR) is 135 cm³/mol. The monoisotopic (exact) mass is 523 g/mol. The van der Waals surface area contributed by atoms with Crippen molar-refractivity contribution in [3.05, 3.63) is 75.3 Å². The molecule has 4 aromatic rings. The molecule has 0 aliphatic heterocycles. The van der Waals surface area contributed by atoms with Gasteiger partial charge in [-0.15, -0.1) is 0 Å². The molecule has 36 heavy (non-hydrogen) atoms. The molecule has 184 valence electrons. The standard InChI is InChI=1S/C24H22ClN7O3S/c1-13-4-22(27)30-14(2)18(13)10-29-24(33)19-12-32(31-20(19)8-26)11-15-5-16-7-17(25)9-28-23(16)21(6-15)36(3,34)35/h4-7,9,12H,10-11H2,1-3H3,(H2,27,30)(H,29,33). The van der Waals surface area contributed by atoms with Crippen molar-refractivity contribution in [1.29, 1.82) is 5.26 Å². The second kappa shape index (κ2) is 9.56. The van der Waals surface area contributed by atoms with Gasteiger partial charge in [0.25, 0.3) is 5.91 Å². The Balaban J connectivity index is 1.63. The molecule has 12 heteroatoms. The maximum atomic E-state index is 12.9. The van der Waals surface area contributed by atoms with Gasteiger partial charge in [0.15, 0.2) is 15.5 Å². The third-order valence-corrected chi connectivity index (χ3v) is 6.95. The summed E-state index contributed by atoms with van der Waals surface area (Å²) < 4.78 is 26.2. The Bertz CT molecular complexity index is 1650. The summed E-state index contributed by atoms with van der Waals surface area (Å²) in [5.41, 5.74) is 9.14. The number of pyridine rings is 2. The van der Waals surface area contributed by atoms with Crippen molar-refractivity contribution in [3.8, 4) is 6.07 Å². The SMILES string of the molecule is Cc1cc(N)nc(C)c1CNC(=O)c1cn(Cc2cc(S(C)(=O)=O)c3ncc(Cl)cc3c2)nc1C#N. The van der Waals surface area contributed by atoms with Crippen molar-refractivity contribution < 1.29 is 13.2 Å². The van der Waals surface area contributed by atoms with E-state index in [1.165, 1.54) is 23.1 Å². The topological polar surface area (TPSA) is 157 Å². The molecule has 0 aliphatic carbocycles. The van der Waals surface area contributed by atoms with Crippen molar-refractivity contribution in [2.45, 2.75) is 31.8 Å². The van der Waals surface area contributed by atoms with Gasteiger partial charge in [0.2, 0.25) is 0 Å². The molecule has 0 spiro atoms. The van der Waals surface area contributed by atoms with Gasteiger partial charge in [-0.2, -0.15) is 10.4 Å². The Hall–Kier alpha value is -4.01. The van der Waals surface area contributed by atoms with Gasteiger partial charge in [0.1, 0.15) is 11.9 Å². The third-order valence-electron chi connectivity index (χ3n) is 5.63. The molecule has 0 atom stereocenters. The number of fused-ring (bicyclic) bond motifs is 1. The van der Waals surface area contributed by atoms with Crippen molar-refractivity contribution in [3.63, 3.8) is 0 Å². The summed E-state index contributed by atoms with van der Waals surface area (Å²) in [6.07, 6.45) is 3.95. The van der Waals surface area contributed by atoms with Crippen LogP contribution in [0, 0.1) is 25.2 Å². The Kier molecular flexibility index (Phi) is 6.67. The quantitative estimate of drug-likeness (QED) is 0.390. The van der Waals surface area contributed by atoms with Crippen LogP contribution in [0.1, 0.15) is 38.4 Å². The first kappa shape index (κ1) is 25.1. The summed E-state index contributed by atoms with van der Waals surface area (Å²) in [5, 5.41) is 17.5. The number of amides is 1. The van der Waals surface area contributed by atoms with Gasteiger partial charge in [-0.25, -0.2) is 13.4 Å². The van der Waals surface area contributed by atoms with Gasteiger partial charge in [0, 0.05) is 36.3 Å². The molecule has 3 aromatic heterocycles. The number of carbonyl (C=O) groups excluding carboxylic acids is 1. The highest BCUT2D eigenvalue weighted by Gasteiger charge is 2.19. The van der Waals surface area contributed by atoms with E-state index in [0.29, 0.717) is 33.0 Å². The lowest BCUT2D eigenvalue weighted by atomic mass is 10.1. The fourth-order valence-electron chi connectivity index (χ4n) is 3.98. The molecular weight excluding hydrogens is 502 g/mol. The second-order valence-electron chi connectivity index (χ2n) is 8.40. The van der Waals surface area contributed by atoms with Crippen LogP contribution in [-0.4, -0.2) is 40.3 Å². The maximum absolute atomic E-state index is 12.9. The first-order chi connectivity index (χ1) is 17.0. The summed E-state index contributed by atoms with van der Waals surface area (Å²) in [4.78, 5) is 21.3. The van der Waals surface area contributed by atoms with Gasteiger partial charge >= 0.3 is 0 Å². The minimum absolute atomic E-state index is 0.0507. The van der Waals surface area contributed by atoms with E-state index in [9.17, 15) is 18.5 Å². The molecule has 3 heterocycles. The largest absolute Gasteiger partial charge is 0.384 e. The Morgan fingerprint density at radius 2 is 2.00 bits per heavy atom. The van der Waals surface area contributed by atoms with Crippen LogP contribution in [-0.2, 0) is 22.9 Å². The first-order valence-electron chi connectivity index (χ1n) is 10.7. The minimum atomic E-state index is -3.59. The van der Waals surface area contributed by atoms with Crippen molar-refractivity contribution >= 4 is 44.1 Å². The van der Waals surface area contributed by atoms with E-state index in [1.807, 2.05) is 13.0 Å². The molecule has 0 aliphatic rings. The van der Waals surface area contributed by atoms with Crippen LogP contribution in [0.15, 0.2) is 41.6 Å². The van der Waals surface area contributed by atoms with E-state index < -0.39 is 15.7 Å². The number of nitrogens with one attached hydrogen (secondary N) is 1. The number of hydrogen-bond donors (Lipinski definition) is 2. The number of halogens is 1. The van der Waals surface area contributed by atoms with Gasteiger partial charge < -0.3 is 11.1 Å². The molecule has 0 bridgehead atoms. The zero-order chi connectivity index (χ0) is 26.2. The maximum Gasteiger partial charge on any atom is 0.256 e. The molecular formula is C24H22ClN7O3S. The number of aromatic nitrogens is 4. The number of anilines is 1. The summed E-state index contributed by atoms with van der Waals surface area (Å²) >= 11 is 6.06. The molecule has 0 unspecified atom stereocenters. The Morgan fingerprint density at radius 3 is 2.67 bits per heavy atom. The van der Waals surface area contributed by atoms with Crippen LogP contribution >= 0.6 is 11.6 Å². The van der Waals surface area contributed by atoms with Crippen LogP contribution in [0.5, 0.6) is 0 Å². The van der Waals surface area contributed by atoms with Gasteiger partial charge in [-0.05, 0) is 54.8 Å². The normalized spacial score (nSPS) is 11.4. The number of rotatable bonds is 6. The van der Waals surface area contributed by atoms with E-state index >= 15 is 0 Å². The summed E-state index contributed by atoms with van der Waals surface area (Å²) in [6.45, 7) is 4.01. The van der Waals surface area contributed by atoms with Gasteiger partial charge in [-0.1, -0.05) is 11.6 Å². The summed E-state index contributed by atoms with van der Waals surface area (Å²) in [7, 11) is -3.59. The van der Waals surface area contributed by atoms with Gasteiger partial charge in [0.05, 0.1) is 27.5 Å². The van der Waals surface area contributed by atoms with E-state index in [-0.39, 0.29) is 29.2 Å². The van der Waals surface area contributed by atoms with E-state index in [2.05, 4.69) is 20.4 Å². The zero-order valence-corrected chi connectivity index (χ0v) is 21.3. The van der Waals surface area contributed by atoms with Crippen molar-refractivity contribution in [1.82, 2.24) is 25.1 Å². The number of sulfone groups is 1. The zero-order valence-electron chi connectivity index (χ0n) is 19.7. The number of hydrogen-bond acceptors (Lipinski definition) is 8. The fourth-order valence-corrected chi connectivity index (χ4v) is 5.03. The number of nitrogens with two attached hydrogens (primary N) is 1. The Labute approximate surface area is 212 Å². The lowest BCUT2D eigenvalue weighted by molar-refractivity contribution is 0.0950. The first-order valence-corrected chi connectivity index (χ1v) is 13.0.